The van der Waals surface area contributed by atoms with E-state index < -0.39 is 17.7 Å². The summed E-state index contributed by atoms with van der Waals surface area (Å²) >= 11 is 0. The zero-order valence-corrected chi connectivity index (χ0v) is 20.2. The molecule has 2 amide bonds. The predicted molar refractivity (Wildman–Crippen MR) is 138 cm³/mol. The summed E-state index contributed by atoms with van der Waals surface area (Å²) < 4.78 is 28.3. The van der Waals surface area contributed by atoms with Gasteiger partial charge in [-0.25, -0.2) is 23.1 Å². The molecule has 2 N–H and O–H groups in total. The molecule has 37 heavy (non-hydrogen) atoms. The van der Waals surface area contributed by atoms with Crippen LogP contribution < -0.4 is 16.2 Å². The molecular formula is C28H25F2N5O2. The lowest BCUT2D eigenvalue weighted by Gasteiger charge is -2.29. The van der Waals surface area contributed by atoms with Gasteiger partial charge in [0.05, 0.1) is 23.5 Å². The molecule has 2 heterocycles. The van der Waals surface area contributed by atoms with Gasteiger partial charge in [-0.2, -0.15) is 0 Å². The van der Waals surface area contributed by atoms with Crippen molar-refractivity contribution in [3.8, 4) is 5.69 Å². The Morgan fingerprint density at radius 3 is 2.57 bits per heavy atom. The summed E-state index contributed by atoms with van der Waals surface area (Å²) in [6.07, 6.45) is 0.379. The van der Waals surface area contributed by atoms with E-state index in [0.29, 0.717) is 42.4 Å². The van der Waals surface area contributed by atoms with Gasteiger partial charge in [-0.3, -0.25) is 4.79 Å². The number of aromatic nitrogens is 2. The highest BCUT2D eigenvalue weighted by Crippen LogP contribution is 2.21. The van der Waals surface area contributed by atoms with Crippen molar-refractivity contribution in [3.63, 3.8) is 0 Å². The number of carbonyl (C=O) groups excluding carboxylic acids is 1. The fraction of sp³-hybridized carbons (Fsp3) is 0.179. The van der Waals surface area contributed by atoms with Crippen molar-refractivity contribution in [3.05, 3.63) is 117 Å². The second kappa shape index (κ2) is 10.2. The number of amides is 2. The Bertz CT molecular complexity index is 1520. The molecule has 7 nitrogen and oxygen atoms in total. The number of para-hydroxylation sites is 1. The van der Waals surface area contributed by atoms with Crippen LogP contribution >= 0.6 is 0 Å². The van der Waals surface area contributed by atoms with E-state index in [-0.39, 0.29) is 17.8 Å². The number of halogens is 2. The Labute approximate surface area is 212 Å². The molecule has 0 spiro atoms. The van der Waals surface area contributed by atoms with Crippen molar-refractivity contribution in [2.24, 2.45) is 0 Å². The number of benzene rings is 3. The predicted octanol–water partition coefficient (Wildman–Crippen LogP) is 5.02. The van der Waals surface area contributed by atoms with E-state index in [1.807, 2.05) is 55.5 Å². The number of hydrogen-bond donors (Lipinski definition) is 2. The Hall–Kier alpha value is -4.53. The molecule has 1 aliphatic rings. The quantitative estimate of drug-likeness (QED) is 0.403. The normalized spacial score (nSPS) is 12.7. The monoisotopic (exact) mass is 501 g/mol. The van der Waals surface area contributed by atoms with Crippen molar-refractivity contribution in [1.82, 2.24) is 14.5 Å². The average Bonchev–Trinajstić information content (AvgIpc) is 2.90. The molecule has 0 atom stereocenters. The minimum atomic E-state index is -1.05. The van der Waals surface area contributed by atoms with Gasteiger partial charge in [0.15, 0.2) is 11.6 Å². The highest BCUT2D eigenvalue weighted by molar-refractivity contribution is 5.89. The maximum absolute atomic E-state index is 13.7. The molecule has 0 aliphatic carbocycles. The zero-order valence-electron chi connectivity index (χ0n) is 20.2. The summed E-state index contributed by atoms with van der Waals surface area (Å²) in [6, 6.07) is 19.9. The Morgan fingerprint density at radius 1 is 1.00 bits per heavy atom. The fourth-order valence-electron chi connectivity index (χ4n) is 4.36. The molecule has 188 valence electrons. The van der Waals surface area contributed by atoms with Gasteiger partial charge >= 0.3 is 6.03 Å². The molecule has 9 heteroatoms. The van der Waals surface area contributed by atoms with Gasteiger partial charge in [-0.15, -0.1) is 0 Å². The number of carbonyl (C=O) groups is 1. The molecule has 0 saturated heterocycles. The van der Waals surface area contributed by atoms with Crippen LogP contribution in [-0.4, -0.2) is 27.0 Å². The first-order valence-electron chi connectivity index (χ1n) is 11.9. The molecule has 1 aliphatic heterocycles. The number of hydrogen-bond acceptors (Lipinski definition) is 4. The van der Waals surface area contributed by atoms with Gasteiger partial charge in [0, 0.05) is 31.3 Å². The minimum Gasteiger partial charge on any atom is -0.351 e. The van der Waals surface area contributed by atoms with E-state index in [1.54, 1.807) is 0 Å². The van der Waals surface area contributed by atoms with Crippen LogP contribution in [0.3, 0.4) is 0 Å². The first-order valence-corrected chi connectivity index (χ1v) is 11.9. The number of fused-ring (bicyclic) bond motifs is 1. The molecule has 0 saturated carbocycles. The molecule has 5 rings (SSSR count). The second-order valence-corrected chi connectivity index (χ2v) is 8.91. The maximum Gasteiger partial charge on any atom is 0.322 e. The summed E-state index contributed by atoms with van der Waals surface area (Å²) in [7, 11) is 0. The largest absolute Gasteiger partial charge is 0.351 e. The van der Waals surface area contributed by atoms with Crippen molar-refractivity contribution in [2.75, 3.05) is 17.2 Å². The van der Waals surface area contributed by atoms with Gasteiger partial charge < -0.3 is 15.5 Å². The molecule has 3 aromatic carbocycles. The number of urea groups is 1. The number of aryl methyl sites for hydroxylation is 1. The topological polar surface area (TPSA) is 79.3 Å². The third kappa shape index (κ3) is 5.20. The van der Waals surface area contributed by atoms with E-state index >= 15 is 0 Å². The molecule has 0 radical (unpaired) electrons. The standard InChI is InChI=1S/C28H25F2N5O2/c1-18-6-5-7-19(14-18)16-31-27-33-25-12-13-34(28(37)32-20-10-11-23(29)24(30)15-20)17-22(25)26(36)35(27)21-8-3-2-4-9-21/h2-11,14-15H,12-13,16-17H2,1H3,(H,31,33)(H,32,37). The van der Waals surface area contributed by atoms with Crippen LogP contribution in [0.2, 0.25) is 0 Å². The van der Waals surface area contributed by atoms with Crippen LogP contribution in [0.25, 0.3) is 5.69 Å². The van der Waals surface area contributed by atoms with Crippen LogP contribution in [0.1, 0.15) is 22.4 Å². The zero-order chi connectivity index (χ0) is 25.9. The number of nitrogens with one attached hydrogen (secondary N) is 2. The molecule has 1 aromatic heterocycles. The molecular weight excluding hydrogens is 476 g/mol. The number of rotatable bonds is 5. The van der Waals surface area contributed by atoms with Crippen LogP contribution in [0.4, 0.5) is 25.2 Å². The van der Waals surface area contributed by atoms with Crippen molar-refractivity contribution >= 4 is 17.7 Å². The van der Waals surface area contributed by atoms with Crippen LogP contribution in [0.5, 0.6) is 0 Å². The van der Waals surface area contributed by atoms with Crippen LogP contribution in [-0.2, 0) is 19.5 Å². The van der Waals surface area contributed by atoms with E-state index in [2.05, 4.69) is 16.7 Å². The van der Waals surface area contributed by atoms with E-state index in [4.69, 9.17) is 4.98 Å². The lowest BCUT2D eigenvalue weighted by molar-refractivity contribution is 0.205. The van der Waals surface area contributed by atoms with Crippen molar-refractivity contribution in [1.29, 1.82) is 0 Å². The summed E-state index contributed by atoms with van der Waals surface area (Å²) in [5.74, 6) is -1.62. The van der Waals surface area contributed by atoms with Crippen molar-refractivity contribution < 1.29 is 13.6 Å². The van der Waals surface area contributed by atoms with E-state index in [1.165, 1.54) is 15.5 Å². The summed E-state index contributed by atoms with van der Waals surface area (Å²) in [4.78, 5) is 32.8. The summed E-state index contributed by atoms with van der Waals surface area (Å²) in [6.45, 7) is 2.88. The highest BCUT2D eigenvalue weighted by atomic mass is 19.2. The first-order chi connectivity index (χ1) is 17.9. The molecule has 0 unspecified atom stereocenters. The summed E-state index contributed by atoms with van der Waals surface area (Å²) in [5.41, 5.74) is 3.75. The van der Waals surface area contributed by atoms with E-state index in [0.717, 1.165) is 23.3 Å². The third-order valence-corrected chi connectivity index (χ3v) is 6.24. The second-order valence-electron chi connectivity index (χ2n) is 8.91. The molecule has 4 aromatic rings. The summed E-state index contributed by atoms with van der Waals surface area (Å²) in [5, 5.41) is 5.88. The van der Waals surface area contributed by atoms with Gasteiger partial charge in [0.1, 0.15) is 0 Å². The van der Waals surface area contributed by atoms with E-state index in [9.17, 15) is 18.4 Å². The Kier molecular flexibility index (Phi) is 6.68. The smallest absolute Gasteiger partial charge is 0.322 e. The SMILES string of the molecule is Cc1cccc(CNc2nc3c(c(=O)n2-c2ccccc2)CN(C(=O)Nc2ccc(F)c(F)c2)CC3)c1. The van der Waals surface area contributed by atoms with Crippen molar-refractivity contribution in [2.45, 2.75) is 26.4 Å². The molecule has 0 fully saturated rings. The van der Waals surface area contributed by atoms with Gasteiger partial charge in [-0.05, 0) is 36.8 Å². The highest BCUT2D eigenvalue weighted by Gasteiger charge is 2.27. The maximum atomic E-state index is 13.7. The van der Waals surface area contributed by atoms with Gasteiger partial charge in [0.25, 0.3) is 5.56 Å². The molecule has 0 bridgehead atoms. The minimum absolute atomic E-state index is 0.0433. The fourth-order valence-corrected chi connectivity index (χ4v) is 4.36. The van der Waals surface area contributed by atoms with Gasteiger partial charge in [0.2, 0.25) is 5.95 Å². The lowest BCUT2D eigenvalue weighted by atomic mass is 10.1. The first kappa shape index (κ1) is 24.2. The van der Waals surface area contributed by atoms with Crippen LogP contribution in [0, 0.1) is 18.6 Å². The third-order valence-electron chi connectivity index (χ3n) is 6.24. The Morgan fingerprint density at radius 2 is 1.81 bits per heavy atom. The Balaban J connectivity index is 1.44. The van der Waals surface area contributed by atoms with Crippen LogP contribution in [0.15, 0.2) is 77.6 Å². The number of anilines is 2. The average molecular weight is 502 g/mol. The number of nitrogens with zero attached hydrogens (tertiary/aromatic N) is 3. The van der Waals surface area contributed by atoms with Gasteiger partial charge in [-0.1, -0.05) is 48.0 Å². The lowest BCUT2D eigenvalue weighted by Crippen LogP contribution is -2.43.